The van der Waals surface area contributed by atoms with Gasteiger partial charge in [0, 0.05) is 4.88 Å². The fraction of sp³-hybridized carbons (Fsp3) is 0.364. The molecule has 0 fully saturated rings. The Morgan fingerprint density at radius 3 is 2.90 bits per heavy atom. The lowest BCUT2D eigenvalue weighted by atomic mass is 10.3. The normalized spacial score (nSPS) is 11.0. The van der Waals surface area contributed by atoms with Crippen LogP contribution < -0.4 is 11.1 Å². The Morgan fingerprint density at radius 2 is 2.29 bits per heavy atom. The van der Waals surface area contributed by atoms with Crippen LogP contribution in [0.4, 0.5) is 8.78 Å². The molecule has 116 valence electrons. The lowest BCUT2D eigenvalue weighted by molar-refractivity contribution is 0.0118. The van der Waals surface area contributed by atoms with Gasteiger partial charge in [-0.25, -0.2) is 13.5 Å². The van der Waals surface area contributed by atoms with Gasteiger partial charge in [0.15, 0.2) is 5.69 Å². The fourth-order valence-corrected chi connectivity index (χ4v) is 2.11. The number of hydrogen-bond acceptors (Lipinski definition) is 5. The van der Waals surface area contributed by atoms with E-state index in [0.29, 0.717) is 6.54 Å². The number of amides is 1. The quantitative estimate of drug-likeness (QED) is 0.827. The molecule has 2 aromatic heterocycles. The molecule has 0 atom stereocenters. The molecule has 1 amide bonds. The summed E-state index contributed by atoms with van der Waals surface area (Å²) in [5.74, 6) is -3.82. The maximum atomic E-state index is 12.9. The summed E-state index contributed by atoms with van der Waals surface area (Å²) < 4.78 is 27.3. The molecule has 2 heterocycles. The van der Waals surface area contributed by atoms with E-state index in [1.165, 1.54) is 10.9 Å². The van der Waals surface area contributed by atoms with Gasteiger partial charge in [-0.15, -0.1) is 28.8 Å². The van der Waals surface area contributed by atoms with Crippen molar-refractivity contribution in [2.24, 2.45) is 5.73 Å². The van der Waals surface area contributed by atoms with E-state index < -0.39 is 24.9 Å². The molecular weight excluding hydrogens is 324 g/mol. The highest BCUT2D eigenvalue weighted by Crippen LogP contribution is 2.11. The van der Waals surface area contributed by atoms with Gasteiger partial charge in [0.1, 0.15) is 0 Å². The third kappa shape index (κ3) is 5.03. The monoisotopic (exact) mass is 337 g/mol. The number of hydrogen-bond donors (Lipinski definition) is 2. The molecule has 0 aliphatic carbocycles. The highest BCUT2D eigenvalue weighted by molar-refractivity contribution is 7.09. The van der Waals surface area contributed by atoms with E-state index in [2.05, 4.69) is 15.6 Å². The Bertz CT molecular complexity index is 575. The maximum Gasteiger partial charge on any atom is 0.277 e. The van der Waals surface area contributed by atoms with Gasteiger partial charge in [0.2, 0.25) is 0 Å². The van der Waals surface area contributed by atoms with Crippen LogP contribution in [0.15, 0.2) is 23.7 Å². The summed E-state index contributed by atoms with van der Waals surface area (Å²) in [5, 5.41) is 11.4. The summed E-state index contributed by atoms with van der Waals surface area (Å²) in [6, 6.07) is 3.83. The number of rotatable bonds is 6. The SMILES string of the molecule is Cl.NCC(F)(F)CNC(=O)c1cn(Cc2cccs2)nn1. The first-order valence-electron chi connectivity index (χ1n) is 5.79. The molecule has 0 radical (unpaired) electrons. The van der Waals surface area contributed by atoms with Crippen molar-refractivity contribution in [2.45, 2.75) is 12.5 Å². The zero-order chi connectivity index (χ0) is 14.6. The third-order valence-corrected chi connectivity index (χ3v) is 3.34. The third-order valence-electron chi connectivity index (χ3n) is 2.48. The van der Waals surface area contributed by atoms with E-state index in [1.807, 2.05) is 17.5 Å². The van der Waals surface area contributed by atoms with Crippen LogP contribution >= 0.6 is 23.7 Å². The molecule has 0 saturated heterocycles. The van der Waals surface area contributed by atoms with E-state index in [4.69, 9.17) is 5.73 Å². The molecule has 0 bridgehead atoms. The molecule has 3 N–H and O–H groups in total. The van der Waals surface area contributed by atoms with Crippen molar-refractivity contribution in [2.75, 3.05) is 13.1 Å². The molecule has 0 unspecified atom stereocenters. The summed E-state index contributed by atoms with van der Waals surface area (Å²) in [6.45, 7) is -1.16. The van der Waals surface area contributed by atoms with Gasteiger partial charge in [-0.05, 0) is 11.4 Å². The highest BCUT2D eigenvalue weighted by Gasteiger charge is 2.27. The summed E-state index contributed by atoms with van der Waals surface area (Å²) in [4.78, 5) is 12.7. The Morgan fingerprint density at radius 1 is 1.52 bits per heavy atom. The molecule has 21 heavy (non-hydrogen) atoms. The first-order chi connectivity index (χ1) is 9.50. The second-order valence-electron chi connectivity index (χ2n) is 4.12. The summed E-state index contributed by atoms with van der Waals surface area (Å²) in [6.07, 6.45) is 1.41. The van der Waals surface area contributed by atoms with Gasteiger partial charge in [-0.3, -0.25) is 4.79 Å². The molecule has 0 aliphatic rings. The van der Waals surface area contributed by atoms with Crippen LogP contribution in [0.3, 0.4) is 0 Å². The van der Waals surface area contributed by atoms with Crippen molar-refractivity contribution >= 4 is 29.7 Å². The Labute approximate surface area is 129 Å². The van der Waals surface area contributed by atoms with Crippen molar-refractivity contribution in [1.82, 2.24) is 20.3 Å². The number of thiophene rings is 1. The standard InChI is InChI=1S/C11H13F2N5OS.ClH/c12-11(13,6-14)7-15-10(19)9-5-18(17-16-9)4-8-2-1-3-20-8;/h1-3,5H,4,6-7,14H2,(H,15,19);1H. The average molecular weight is 338 g/mol. The van der Waals surface area contributed by atoms with Gasteiger partial charge >= 0.3 is 0 Å². The first kappa shape index (κ1) is 17.5. The topological polar surface area (TPSA) is 85.8 Å². The van der Waals surface area contributed by atoms with E-state index in [1.54, 1.807) is 11.3 Å². The minimum Gasteiger partial charge on any atom is -0.344 e. The first-order valence-corrected chi connectivity index (χ1v) is 6.67. The lowest BCUT2D eigenvalue weighted by Gasteiger charge is -2.13. The lowest BCUT2D eigenvalue weighted by Crippen LogP contribution is -2.41. The molecule has 10 heteroatoms. The van der Waals surface area contributed by atoms with Gasteiger partial charge in [-0.2, -0.15) is 0 Å². The smallest absolute Gasteiger partial charge is 0.277 e. The number of nitrogens with two attached hydrogens (primary N) is 1. The van der Waals surface area contributed by atoms with Crippen molar-refractivity contribution in [1.29, 1.82) is 0 Å². The van der Waals surface area contributed by atoms with E-state index >= 15 is 0 Å². The molecule has 0 aromatic carbocycles. The molecular formula is C11H14ClF2N5OS. The summed E-state index contributed by atoms with van der Waals surface area (Å²) in [7, 11) is 0. The van der Waals surface area contributed by atoms with Crippen LogP contribution in [0.2, 0.25) is 0 Å². The summed E-state index contributed by atoms with van der Waals surface area (Å²) in [5.41, 5.74) is 4.87. The number of carbonyl (C=O) groups is 1. The Hall–Kier alpha value is -1.58. The van der Waals surface area contributed by atoms with Gasteiger partial charge in [-0.1, -0.05) is 11.3 Å². The largest absolute Gasteiger partial charge is 0.344 e. The van der Waals surface area contributed by atoms with Crippen molar-refractivity contribution in [3.63, 3.8) is 0 Å². The molecule has 6 nitrogen and oxygen atoms in total. The number of halogens is 3. The fourth-order valence-electron chi connectivity index (χ4n) is 1.41. The van der Waals surface area contributed by atoms with Crippen LogP contribution in [-0.4, -0.2) is 39.9 Å². The molecule has 2 rings (SSSR count). The highest BCUT2D eigenvalue weighted by atomic mass is 35.5. The van der Waals surface area contributed by atoms with Crippen LogP contribution in [-0.2, 0) is 6.54 Å². The van der Waals surface area contributed by atoms with E-state index in [9.17, 15) is 13.6 Å². The Kier molecular flexibility index (Phi) is 6.19. The number of nitrogens with zero attached hydrogens (tertiary/aromatic N) is 3. The van der Waals surface area contributed by atoms with Crippen molar-refractivity contribution in [3.05, 3.63) is 34.3 Å². The van der Waals surface area contributed by atoms with Crippen LogP contribution in [0.1, 0.15) is 15.4 Å². The minimum absolute atomic E-state index is 0. The van der Waals surface area contributed by atoms with Gasteiger partial charge in [0.05, 0.1) is 25.8 Å². The van der Waals surface area contributed by atoms with E-state index in [-0.39, 0.29) is 18.1 Å². The zero-order valence-electron chi connectivity index (χ0n) is 10.8. The number of alkyl halides is 2. The predicted octanol–water partition coefficient (Wildman–Crippen LogP) is 1.13. The second-order valence-corrected chi connectivity index (χ2v) is 5.16. The molecule has 0 aliphatic heterocycles. The zero-order valence-corrected chi connectivity index (χ0v) is 12.5. The van der Waals surface area contributed by atoms with Gasteiger partial charge < -0.3 is 11.1 Å². The van der Waals surface area contributed by atoms with Crippen LogP contribution in [0, 0.1) is 0 Å². The van der Waals surface area contributed by atoms with Crippen molar-refractivity contribution in [3.8, 4) is 0 Å². The van der Waals surface area contributed by atoms with Crippen LogP contribution in [0.5, 0.6) is 0 Å². The maximum absolute atomic E-state index is 12.9. The Balaban J connectivity index is 0.00000220. The molecule has 2 aromatic rings. The minimum atomic E-state index is -3.12. The number of carbonyl (C=O) groups excluding carboxylic acids is 1. The summed E-state index contributed by atoms with van der Waals surface area (Å²) >= 11 is 1.55. The molecule has 0 saturated carbocycles. The predicted molar refractivity (Wildman–Crippen MR) is 77.0 cm³/mol. The second kappa shape index (κ2) is 7.43. The van der Waals surface area contributed by atoms with E-state index in [0.717, 1.165) is 4.88 Å². The van der Waals surface area contributed by atoms with Gasteiger partial charge in [0.25, 0.3) is 11.8 Å². The van der Waals surface area contributed by atoms with Crippen molar-refractivity contribution < 1.29 is 13.6 Å². The van der Waals surface area contributed by atoms with Crippen LogP contribution in [0.25, 0.3) is 0 Å². The number of nitrogens with one attached hydrogen (secondary N) is 1. The average Bonchev–Trinajstić information content (AvgIpc) is 3.08. The molecule has 0 spiro atoms. The number of aromatic nitrogens is 3.